The number of nitrogens with two attached hydrogens (primary N) is 1. The maximum absolute atomic E-state index is 6.29. The molecule has 0 saturated heterocycles. The molecule has 0 radical (unpaired) electrons. The van der Waals surface area contributed by atoms with Crippen LogP contribution < -0.4 is 5.73 Å². The van der Waals surface area contributed by atoms with Crippen molar-refractivity contribution in [3.8, 4) is 0 Å². The second-order valence-electron chi connectivity index (χ2n) is 7.33. The van der Waals surface area contributed by atoms with Crippen LogP contribution in [0.3, 0.4) is 0 Å². The molecule has 2 aliphatic carbocycles. The van der Waals surface area contributed by atoms with E-state index >= 15 is 0 Å². The van der Waals surface area contributed by atoms with E-state index in [1.165, 1.54) is 51.5 Å². The molecule has 3 heteroatoms. The Hall–Kier alpha value is -0.120. The Bertz CT molecular complexity index is 285. The zero-order chi connectivity index (χ0) is 14.6. The molecule has 2 saturated carbocycles. The van der Waals surface area contributed by atoms with Crippen LogP contribution >= 0.6 is 0 Å². The van der Waals surface area contributed by atoms with Crippen molar-refractivity contribution in [2.75, 3.05) is 26.8 Å². The summed E-state index contributed by atoms with van der Waals surface area (Å²) in [5.74, 6) is 1.52. The van der Waals surface area contributed by atoms with Gasteiger partial charge in [-0.15, -0.1) is 0 Å². The Morgan fingerprint density at radius 3 is 2.30 bits per heavy atom. The Balaban J connectivity index is 2.15. The summed E-state index contributed by atoms with van der Waals surface area (Å²) in [6.45, 7) is 7.40. The zero-order valence-corrected chi connectivity index (χ0v) is 13.7. The number of rotatable bonds is 9. The van der Waals surface area contributed by atoms with E-state index in [4.69, 9.17) is 10.5 Å². The summed E-state index contributed by atoms with van der Waals surface area (Å²) >= 11 is 0. The summed E-state index contributed by atoms with van der Waals surface area (Å²) in [7, 11) is 1.84. The average molecular weight is 282 g/mol. The second-order valence-corrected chi connectivity index (χ2v) is 7.33. The maximum Gasteiger partial charge on any atom is 0.0661 e. The van der Waals surface area contributed by atoms with Gasteiger partial charge in [-0.2, -0.15) is 0 Å². The van der Waals surface area contributed by atoms with Gasteiger partial charge in [0.05, 0.1) is 12.1 Å². The maximum atomic E-state index is 6.29. The van der Waals surface area contributed by atoms with Crippen LogP contribution in [0.4, 0.5) is 0 Å². The summed E-state index contributed by atoms with van der Waals surface area (Å²) in [4.78, 5) is 2.78. The highest BCUT2D eigenvalue weighted by molar-refractivity contribution is 5.05. The molecule has 3 nitrogen and oxygen atoms in total. The molecule has 2 rings (SSSR count). The first-order valence-corrected chi connectivity index (χ1v) is 8.59. The van der Waals surface area contributed by atoms with Crippen LogP contribution in [0.25, 0.3) is 0 Å². The third-order valence-electron chi connectivity index (χ3n) is 5.37. The Kier molecular flexibility index (Phi) is 5.88. The van der Waals surface area contributed by atoms with Crippen LogP contribution in [0.15, 0.2) is 0 Å². The highest BCUT2D eigenvalue weighted by atomic mass is 16.5. The van der Waals surface area contributed by atoms with Gasteiger partial charge in [0.15, 0.2) is 0 Å². The number of hydrogen-bond donors (Lipinski definition) is 1. The molecule has 2 fully saturated rings. The summed E-state index contributed by atoms with van der Waals surface area (Å²) in [6, 6.07) is 0.744. The van der Waals surface area contributed by atoms with Crippen molar-refractivity contribution in [2.45, 2.75) is 70.4 Å². The molecule has 118 valence electrons. The van der Waals surface area contributed by atoms with Crippen molar-refractivity contribution in [2.24, 2.45) is 17.6 Å². The van der Waals surface area contributed by atoms with Crippen LogP contribution in [-0.2, 0) is 4.74 Å². The smallest absolute Gasteiger partial charge is 0.0661 e. The van der Waals surface area contributed by atoms with Gasteiger partial charge in [0.1, 0.15) is 0 Å². The first-order chi connectivity index (χ1) is 9.64. The van der Waals surface area contributed by atoms with Crippen LogP contribution in [0.1, 0.15) is 58.8 Å². The highest BCUT2D eigenvalue weighted by Gasteiger charge is 2.50. The van der Waals surface area contributed by atoms with Crippen molar-refractivity contribution in [3.63, 3.8) is 0 Å². The molecule has 0 aliphatic heterocycles. The highest BCUT2D eigenvalue weighted by Crippen LogP contribution is 2.45. The van der Waals surface area contributed by atoms with E-state index in [-0.39, 0.29) is 5.54 Å². The lowest BCUT2D eigenvalue weighted by atomic mass is 9.88. The van der Waals surface area contributed by atoms with Gasteiger partial charge in [-0.3, -0.25) is 4.90 Å². The van der Waals surface area contributed by atoms with E-state index in [0.717, 1.165) is 31.0 Å². The molecular formula is C17H34N2O. The average Bonchev–Trinajstić information content (AvgIpc) is 3.14. The predicted molar refractivity (Wildman–Crippen MR) is 84.8 cm³/mol. The van der Waals surface area contributed by atoms with E-state index in [0.29, 0.717) is 0 Å². The fourth-order valence-electron chi connectivity index (χ4n) is 4.03. The monoisotopic (exact) mass is 282 g/mol. The largest absolute Gasteiger partial charge is 0.383 e. The summed E-state index contributed by atoms with van der Waals surface area (Å²) < 4.78 is 5.63. The standard InChI is InChI=1S/C17H34N2O/c1-14(2)10-11-19(16-6-4-5-7-16)17(12-18,13-20-3)15-8-9-15/h14-16H,4-13,18H2,1-3H3. The summed E-state index contributed by atoms with van der Waals surface area (Å²) in [5, 5.41) is 0. The molecule has 1 unspecified atom stereocenters. The van der Waals surface area contributed by atoms with E-state index in [2.05, 4.69) is 18.7 Å². The van der Waals surface area contributed by atoms with Crippen LogP contribution in [0.2, 0.25) is 0 Å². The number of hydrogen-bond acceptors (Lipinski definition) is 3. The van der Waals surface area contributed by atoms with Gasteiger partial charge in [-0.25, -0.2) is 0 Å². The summed E-state index contributed by atoms with van der Waals surface area (Å²) in [5.41, 5.74) is 6.40. The third-order valence-corrected chi connectivity index (χ3v) is 5.37. The minimum Gasteiger partial charge on any atom is -0.383 e. The Morgan fingerprint density at radius 2 is 1.85 bits per heavy atom. The quantitative estimate of drug-likeness (QED) is 0.706. The van der Waals surface area contributed by atoms with Crippen LogP contribution in [0, 0.1) is 11.8 Å². The van der Waals surface area contributed by atoms with Crippen molar-refractivity contribution < 1.29 is 4.74 Å². The van der Waals surface area contributed by atoms with Gasteiger partial charge in [0, 0.05) is 19.7 Å². The minimum atomic E-state index is 0.110. The SMILES string of the molecule is COCC(CN)(C1CC1)N(CCC(C)C)C1CCCC1. The second kappa shape index (κ2) is 7.24. The van der Waals surface area contributed by atoms with E-state index in [9.17, 15) is 0 Å². The van der Waals surface area contributed by atoms with Gasteiger partial charge in [-0.05, 0) is 50.5 Å². The molecule has 20 heavy (non-hydrogen) atoms. The predicted octanol–water partition coefficient (Wildman–Crippen LogP) is 3.03. The zero-order valence-electron chi connectivity index (χ0n) is 13.7. The molecule has 0 heterocycles. The van der Waals surface area contributed by atoms with Crippen LogP contribution in [0.5, 0.6) is 0 Å². The van der Waals surface area contributed by atoms with E-state index < -0.39 is 0 Å². The molecule has 0 aromatic carbocycles. The number of nitrogens with zero attached hydrogens (tertiary/aromatic N) is 1. The van der Waals surface area contributed by atoms with Gasteiger partial charge >= 0.3 is 0 Å². The first kappa shape index (κ1) is 16.3. The van der Waals surface area contributed by atoms with Crippen molar-refractivity contribution in [1.82, 2.24) is 4.90 Å². The number of methoxy groups -OCH3 is 1. The van der Waals surface area contributed by atoms with E-state index in [1.54, 1.807) is 0 Å². The van der Waals surface area contributed by atoms with Gasteiger partial charge in [0.25, 0.3) is 0 Å². The lowest BCUT2D eigenvalue weighted by Gasteiger charge is -2.47. The van der Waals surface area contributed by atoms with Crippen LogP contribution in [-0.4, -0.2) is 43.3 Å². The molecule has 2 N–H and O–H groups in total. The number of ether oxygens (including phenoxy) is 1. The molecule has 0 spiro atoms. The fraction of sp³-hybridized carbons (Fsp3) is 1.00. The fourth-order valence-corrected chi connectivity index (χ4v) is 4.03. The van der Waals surface area contributed by atoms with Gasteiger partial charge in [0.2, 0.25) is 0 Å². The topological polar surface area (TPSA) is 38.5 Å². The van der Waals surface area contributed by atoms with E-state index in [1.807, 2.05) is 7.11 Å². The van der Waals surface area contributed by atoms with Crippen molar-refractivity contribution in [1.29, 1.82) is 0 Å². The first-order valence-electron chi connectivity index (χ1n) is 8.59. The van der Waals surface area contributed by atoms with Crippen molar-refractivity contribution in [3.05, 3.63) is 0 Å². The minimum absolute atomic E-state index is 0.110. The summed E-state index contributed by atoms with van der Waals surface area (Å²) in [6.07, 6.45) is 9.44. The molecule has 0 aromatic rings. The van der Waals surface area contributed by atoms with Crippen molar-refractivity contribution >= 4 is 0 Å². The molecule has 0 bridgehead atoms. The lowest BCUT2D eigenvalue weighted by molar-refractivity contribution is -0.0281. The molecular weight excluding hydrogens is 248 g/mol. The molecule has 0 aromatic heterocycles. The molecule has 0 amide bonds. The Labute approximate surface area is 125 Å². The lowest BCUT2D eigenvalue weighted by Crippen LogP contribution is -2.61. The molecule has 1 atom stereocenters. The Morgan fingerprint density at radius 1 is 1.20 bits per heavy atom. The van der Waals surface area contributed by atoms with Gasteiger partial charge in [-0.1, -0.05) is 26.7 Å². The van der Waals surface area contributed by atoms with Gasteiger partial charge < -0.3 is 10.5 Å². The third kappa shape index (κ3) is 3.55. The molecule has 2 aliphatic rings. The normalized spacial score (nSPS) is 23.7.